The molecule has 0 radical (unpaired) electrons. The minimum Gasteiger partial charge on any atom is -0.469 e. The highest BCUT2D eigenvalue weighted by Crippen LogP contribution is 2.61. The Labute approximate surface area is 355 Å². The maximum atomic E-state index is 14.6. The molecule has 4 aliphatic rings. The van der Waals surface area contributed by atoms with Gasteiger partial charge in [-0.15, -0.1) is 0 Å². The Kier molecular flexibility index (Phi) is 8.57. The van der Waals surface area contributed by atoms with Crippen LogP contribution in [-0.2, 0) is 32.8 Å². The summed E-state index contributed by atoms with van der Waals surface area (Å²) >= 11 is 0. The van der Waals surface area contributed by atoms with Crippen molar-refractivity contribution in [2.24, 2.45) is 11.8 Å². The van der Waals surface area contributed by atoms with Crippen molar-refractivity contribution < 1.29 is 32.7 Å². The number of carbonyl (C=O) groups excluding carboxylic acids is 3. The molecule has 1 unspecified atom stereocenters. The van der Waals surface area contributed by atoms with Crippen LogP contribution < -0.4 is 26.0 Å². The van der Waals surface area contributed by atoms with E-state index in [0.29, 0.717) is 23.0 Å². The van der Waals surface area contributed by atoms with Gasteiger partial charge in [0.05, 0.1) is 6.20 Å². The van der Waals surface area contributed by atoms with Crippen LogP contribution in [0.15, 0.2) is 106 Å². The number of fused-ring (bicyclic) bond motifs is 7. The minimum absolute atomic E-state index is 0.0393. The molecule has 4 aliphatic heterocycles. The van der Waals surface area contributed by atoms with E-state index in [9.17, 15) is 14.4 Å². The van der Waals surface area contributed by atoms with Crippen molar-refractivity contribution >= 4 is 34.5 Å². The van der Waals surface area contributed by atoms with E-state index in [1.165, 1.54) is 0 Å². The lowest BCUT2D eigenvalue weighted by molar-refractivity contribution is -0.131. The second-order valence-electron chi connectivity index (χ2n) is 17.1. The number of aromatic nitrogens is 3. The zero-order chi connectivity index (χ0) is 42.4. The summed E-state index contributed by atoms with van der Waals surface area (Å²) in [7, 11) is 0. The molecule has 3 amide bonds. The van der Waals surface area contributed by atoms with Crippen LogP contribution in [0.2, 0.25) is 0 Å². The summed E-state index contributed by atoms with van der Waals surface area (Å²) in [4.78, 5) is 55.2. The van der Waals surface area contributed by atoms with Gasteiger partial charge in [0, 0.05) is 51.5 Å². The highest BCUT2D eigenvalue weighted by molar-refractivity contribution is 6.07. The number of ether oxygens (including phenoxy) is 2. The number of alkyl carbamates (subject to hydrolysis) is 1. The Balaban J connectivity index is 1.05. The molecule has 0 fully saturated rings. The van der Waals surface area contributed by atoms with Crippen molar-refractivity contribution in [2.45, 2.75) is 70.5 Å². The smallest absolute Gasteiger partial charge is 0.408 e. The van der Waals surface area contributed by atoms with E-state index in [-0.39, 0.29) is 36.6 Å². The van der Waals surface area contributed by atoms with Gasteiger partial charge < -0.3 is 44.6 Å². The van der Waals surface area contributed by atoms with Crippen LogP contribution in [0, 0.1) is 11.8 Å². The van der Waals surface area contributed by atoms with E-state index in [1.54, 1.807) is 6.20 Å². The molecule has 11 rings (SSSR count). The number of nitrogens with zero attached hydrogens (tertiary/aromatic N) is 2. The molecule has 1 spiro atoms. The number of carbonyl (C=O) groups is 3. The van der Waals surface area contributed by atoms with Gasteiger partial charge >= 0.3 is 6.09 Å². The predicted octanol–water partition coefficient (Wildman–Crippen LogP) is 7.74. The average Bonchev–Trinajstić information content (AvgIpc) is 4.10. The van der Waals surface area contributed by atoms with Gasteiger partial charge in [-0.2, -0.15) is 0 Å². The average molecular weight is 830 g/mol. The van der Waals surface area contributed by atoms with E-state index in [0.717, 1.165) is 55.5 Å². The summed E-state index contributed by atoms with van der Waals surface area (Å²) in [5.74, 6) is 0.618. The number of oxazole rings is 2. The first-order valence-corrected chi connectivity index (χ1v) is 20.9. The maximum Gasteiger partial charge on any atom is 0.408 e. The molecule has 7 heterocycles. The Morgan fingerprint density at radius 1 is 0.919 bits per heavy atom. The summed E-state index contributed by atoms with van der Waals surface area (Å²) in [5.41, 5.74) is 7.22. The monoisotopic (exact) mass is 829 g/mol. The molecule has 14 heteroatoms. The first kappa shape index (κ1) is 37.6. The van der Waals surface area contributed by atoms with Gasteiger partial charge in [-0.25, -0.2) is 14.8 Å². The number of hydrogen-bond acceptors (Lipinski definition) is 10. The first-order valence-electron chi connectivity index (χ1n) is 20.9. The summed E-state index contributed by atoms with van der Waals surface area (Å²) in [5, 5.41) is 13.7. The molecule has 5 atom stereocenters. The van der Waals surface area contributed by atoms with Crippen molar-refractivity contribution in [3.63, 3.8) is 0 Å². The van der Waals surface area contributed by atoms with E-state index in [2.05, 4.69) is 50.5 Å². The van der Waals surface area contributed by atoms with Crippen molar-refractivity contribution in [1.82, 2.24) is 30.9 Å². The Morgan fingerprint density at radius 2 is 1.74 bits per heavy atom. The summed E-state index contributed by atoms with van der Waals surface area (Å²) in [6.45, 7) is 7.61. The molecule has 0 aliphatic carbocycles. The fourth-order valence-electron chi connectivity index (χ4n) is 9.55. The Bertz CT molecular complexity index is 2950. The lowest BCUT2D eigenvalue weighted by atomic mass is 9.72. The highest BCUT2D eigenvalue weighted by Gasteiger charge is 2.61. The Morgan fingerprint density at radius 3 is 2.56 bits per heavy atom. The molecule has 14 nitrogen and oxygen atoms in total. The van der Waals surface area contributed by atoms with Crippen LogP contribution in [0.1, 0.15) is 67.6 Å². The maximum absolute atomic E-state index is 14.6. The topological polar surface area (TPSA) is 186 Å². The van der Waals surface area contributed by atoms with E-state index in [1.807, 2.05) is 94.6 Å². The number of rotatable bonds is 7. The van der Waals surface area contributed by atoms with Crippen molar-refractivity contribution in [3.8, 4) is 39.8 Å². The zero-order valence-electron chi connectivity index (χ0n) is 34.4. The van der Waals surface area contributed by atoms with Gasteiger partial charge in [0.1, 0.15) is 35.9 Å². The number of H-pyrrole nitrogens is 1. The van der Waals surface area contributed by atoms with Crippen molar-refractivity contribution in [1.29, 1.82) is 0 Å². The van der Waals surface area contributed by atoms with Gasteiger partial charge in [0.2, 0.25) is 23.6 Å². The number of hydrogen-bond donors (Lipinski definition) is 5. The standard InChI is InChI=1S/C48H43N7O7/c1-23(2)37(55-47(58)59-22-25-10-6-5-7-11-25)43(57)51-33-19-26-16-17-34-31(18-26)48-30-14-8-13-28(39(30)54-46(48)61-34)27-12-9-15-32-36(27)29(20-49-32)35-21-50-44(60-35)40-41(48)62-45(53-40)38(24(3)4)52-42(33)56/h5-18,20-21,23-24,33,37-38,46,49,54H,19,22H2,1-4H3,(H,51,57)(H,52,56)(H,55,58)/t33-,37-,38-,46?,48-/m0/s1. The molecule has 4 aromatic carbocycles. The molecule has 5 N–H and O–H groups in total. The summed E-state index contributed by atoms with van der Waals surface area (Å²) < 4.78 is 26.0. The number of benzene rings is 4. The molecule has 0 saturated heterocycles. The van der Waals surface area contributed by atoms with Gasteiger partial charge in [0.25, 0.3) is 0 Å². The van der Waals surface area contributed by atoms with E-state index >= 15 is 0 Å². The second kappa shape index (κ2) is 14.1. The first-order chi connectivity index (χ1) is 30.1. The van der Waals surface area contributed by atoms with Crippen molar-refractivity contribution in [3.05, 3.63) is 131 Å². The predicted molar refractivity (Wildman–Crippen MR) is 229 cm³/mol. The number of anilines is 1. The van der Waals surface area contributed by atoms with Crippen LogP contribution in [0.5, 0.6) is 5.75 Å². The second-order valence-corrected chi connectivity index (χ2v) is 17.1. The number of aromatic amines is 1. The molecule has 0 saturated carbocycles. The van der Waals surface area contributed by atoms with Crippen LogP contribution in [0.25, 0.3) is 44.9 Å². The van der Waals surface area contributed by atoms with E-state index < -0.39 is 47.7 Å². The summed E-state index contributed by atoms with van der Waals surface area (Å²) in [6.07, 6.45) is 2.35. The molecule has 62 heavy (non-hydrogen) atoms. The molecular formula is C48H43N7O7. The van der Waals surface area contributed by atoms with Crippen LogP contribution in [0.3, 0.4) is 0 Å². The van der Waals surface area contributed by atoms with Gasteiger partial charge in [-0.1, -0.05) is 100 Å². The fraction of sp³-hybridized carbons (Fsp3) is 0.271. The lowest BCUT2D eigenvalue weighted by Gasteiger charge is -2.29. The van der Waals surface area contributed by atoms with Gasteiger partial charge in [-0.3, -0.25) is 9.59 Å². The number of nitrogens with one attached hydrogen (secondary N) is 5. The van der Waals surface area contributed by atoms with Gasteiger partial charge in [-0.05, 0) is 40.7 Å². The van der Waals surface area contributed by atoms with Crippen LogP contribution >= 0.6 is 0 Å². The molecular weight excluding hydrogens is 787 g/mol. The van der Waals surface area contributed by atoms with Gasteiger partial charge in [0.15, 0.2) is 23.4 Å². The zero-order valence-corrected chi connectivity index (χ0v) is 34.4. The normalized spacial score (nSPS) is 20.6. The Hall–Kier alpha value is -7.35. The minimum atomic E-state index is -1.10. The number of para-hydroxylation sites is 1. The third-order valence-corrected chi connectivity index (χ3v) is 12.6. The quantitative estimate of drug-likeness (QED) is 0.106. The molecule has 10 bridgehead atoms. The number of amides is 3. The fourth-order valence-corrected chi connectivity index (χ4v) is 9.55. The largest absolute Gasteiger partial charge is 0.469 e. The molecule has 7 aromatic rings. The van der Waals surface area contributed by atoms with Crippen LogP contribution in [0.4, 0.5) is 10.5 Å². The SMILES string of the molecule is CC(C)[C@H](NC(=O)OCc1ccccc1)C(=O)N[C@H]1Cc2ccc3c(c2)[C@]24c5cccc(c5NC2O3)-c2cccc3[nH]cc(c23)-c2cnc(o2)-c2nc(oc24)[C@H](C(C)C)NC1=O. The third-order valence-electron chi connectivity index (χ3n) is 12.6. The van der Waals surface area contributed by atoms with Crippen LogP contribution in [-0.4, -0.2) is 51.2 Å². The van der Waals surface area contributed by atoms with E-state index in [4.69, 9.17) is 28.3 Å². The summed E-state index contributed by atoms with van der Waals surface area (Å²) in [6, 6.07) is 24.7. The molecule has 3 aromatic heterocycles. The molecule has 312 valence electrons. The lowest BCUT2D eigenvalue weighted by Crippen LogP contribution is -2.56. The van der Waals surface area contributed by atoms with Crippen molar-refractivity contribution in [2.75, 3.05) is 5.32 Å². The third kappa shape index (κ3) is 5.72. The highest BCUT2D eigenvalue weighted by atomic mass is 16.5.